The number of piperidine rings is 2. The van der Waals surface area contributed by atoms with E-state index < -0.39 is 10.2 Å². The predicted octanol–water partition coefficient (Wildman–Crippen LogP) is 0.814. The molecule has 9 nitrogen and oxygen atoms in total. The van der Waals surface area contributed by atoms with E-state index in [1.165, 1.54) is 0 Å². The topological polar surface area (TPSA) is 90.0 Å². The molecule has 0 bridgehead atoms. The minimum atomic E-state index is -3.48. The van der Waals surface area contributed by atoms with Gasteiger partial charge in [0.15, 0.2) is 0 Å². The van der Waals surface area contributed by atoms with Crippen LogP contribution >= 0.6 is 0 Å². The number of anilines is 1. The van der Waals surface area contributed by atoms with Crippen molar-refractivity contribution in [3.63, 3.8) is 0 Å². The highest BCUT2D eigenvalue weighted by Crippen LogP contribution is 2.26. The van der Waals surface area contributed by atoms with Gasteiger partial charge in [-0.2, -0.15) is 17.0 Å². The number of nitrogens with zero attached hydrogens (tertiary/aromatic N) is 6. The second-order valence-corrected chi connectivity index (χ2v) is 10.6. The van der Waals surface area contributed by atoms with Crippen LogP contribution in [0.1, 0.15) is 32.6 Å². The molecule has 1 atom stereocenters. The van der Waals surface area contributed by atoms with Gasteiger partial charge in [0, 0.05) is 64.8 Å². The molecule has 0 aromatic carbocycles. The molecule has 3 saturated heterocycles. The standard InChI is InChI=1S/C20H32N6O3S/c1-17-5-10-25(11-6-17)30(28,29)26-9-2-4-18(16-26)19(27)23-12-14-24(15-13-23)20-21-7-3-8-22-20/h3,7-8,17-18H,2,4-6,9-16H2,1H3. The molecule has 1 amide bonds. The fourth-order valence-electron chi connectivity index (χ4n) is 4.57. The lowest BCUT2D eigenvalue weighted by molar-refractivity contribution is -0.137. The Labute approximate surface area is 179 Å². The monoisotopic (exact) mass is 436 g/mol. The summed E-state index contributed by atoms with van der Waals surface area (Å²) in [5.41, 5.74) is 0. The molecule has 3 aliphatic rings. The first-order valence-electron chi connectivity index (χ1n) is 11.0. The van der Waals surface area contributed by atoms with Gasteiger partial charge in [-0.3, -0.25) is 4.79 Å². The third-order valence-electron chi connectivity index (χ3n) is 6.55. The Morgan fingerprint density at radius 2 is 1.60 bits per heavy atom. The van der Waals surface area contributed by atoms with Crippen LogP contribution in [0.5, 0.6) is 0 Å². The summed E-state index contributed by atoms with van der Waals surface area (Å²) in [6, 6.07) is 1.79. The molecule has 1 aromatic heterocycles. The first kappa shape index (κ1) is 21.5. The summed E-state index contributed by atoms with van der Waals surface area (Å²) in [5, 5.41) is 0. The molecule has 166 valence electrons. The van der Waals surface area contributed by atoms with Crippen LogP contribution in [0, 0.1) is 11.8 Å². The molecule has 4 rings (SSSR count). The SMILES string of the molecule is CC1CCN(S(=O)(=O)N2CCCC(C(=O)N3CCN(c4ncccn4)CC3)C2)CC1. The molecule has 0 saturated carbocycles. The van der Waals surface area contributed by atoms with Crippen molar-refractivity contribution in [1.82, 2.24) is 23.5 Å². The summed E-state index contributed by atoms with van der Waals surface area (Å²) in [6.45, 7) is 6.77. The molecule has 10 heteroatoms. The Morgan fingerprint density at radius 3 is 2.27 bits per heavy atom. The van der Waals surface area contributed by atoms with Crippen LogP contribution in [0.15, 0.2) is 18.5 Å². The molecule has 4 heterocycles. The van der Waals surface area contributed by atoms with E-state index in [9.17, 15) is 13.2 Å². The van der Waals surface area contributed by atoms with Crippen LogP contribution in [-0.4, -0.2) is 90.2 Å². The van der Waals surface area contributed by atoms with Crippen molar-refractivity contribution in [3.8, 4) is 0 Å². The number of amides is 1. The number of piperazine rings is 1. The van der Waals surface area contributed by atoms with E-state index in [1.807, 2.05) is 4.90 Å². The van der Waals surface area contributed by atoms with Crippen molar-refractivity contribution in [2.75, 3.05) is 57.3 Å². The second-order valence-electron chi connectivity index (χ2n) is 8.65. The molecule has 0 radical (unpaired) electrons. The molecule has 3 aliphatic heterocycles. The lowest BCUT2D eigenvalue weighted by Gasteiger charge is -2.40. The summed E-state index contributed by atoms with van der Waals surface area (Å²) in [5.74, 6) is 1.09. The number of hydrogen-bond donors (Lipinski definition) is 0. The van der Waals surface area contributed by atoms with Crippen LogP contribution in [0.4, 0.5) is 5.95 Å². The van der Waals surface area contributed by atoms with Gasteiger partial charge in [-0.15, -0.1) is 0 Å². The minimum absolute atomic E-state index is 0.0794. The Morgan fingerprint density at radius 1 is 0.933 bits per heavy atom. The van der Waals surface area contributed by atoms with Gasteiger partial charge >= 0.3 is 0 Å². The van der Waals surface area contributed by atoms with E-state index >= 15 is 0 Å². The maximum Gasteiger partial charge on any atom is 0.281 e. The maximum atomic E-state index is 13.1. The number of carbonyl (C=O) groups excluding carboxylic acids is 1. The van der Waals surface area contributed by atoms with Gasteiger partial charge in [0.25, 0.3) is 10.2 Å². The normalized spacial score (nSPS) is 25.4. The Hall–Kier alpha value is -1.78. The number of rotatable bonds is 4. The Kier molecular flexibility index (Phi) is 6.54. The zero-order chi connectivity index (χ0) is 21.1. The third kappa shape index (κ3) is 4.60. The quantitative estimate of drug-likeness (QED) is 0.694. The van der Waals surface area contributed by atoms with Crippen molar-refractivity contribution in [3.05, 3.63) is 18.5 Å². The average molecular weight is 437 g/mol. The highest BCUT2D eigenvalue weighted by molar-refractivity contribution is 7.86. The van der Waals surface area contributed by atoms with Crippen LogP contribution in [0.3, 0.4) is 0 Å². The Bertz CT molecular complexity index is 820. The molecule has 1 aromatic rings. The van der Waals surface area contributed by atoms with Crippen molar-refractivity contribution in [2.24, 2.45) is 11.8 Å². The highest BCUT2D eigenvalue weighted by Gasteiger charge is 2.38. The van der Waals surface area contributed by atoms with Crippen molar-refractivity contribution in [1.29, 1.82) is 0 Å². The zero-order valence-corrected chi connectivity index (χ0v) is 18.5. The molecular formula is C20H32N6O3S. The first-order chi connectivity index (χ1) is 14.4. The average Bonchev–Trinajstić information content (AvgIpc) is 2.80. The largest absolute Gasteiger partial charge is 0.339 e. The van der Waals surface area contributed by atoms with Crippen LogP contribution in [-0.2, 0) is 15.0 Å². The van der Waals surface area contributed by atoms with Crippen LogP contribution in [0.25, 0.3) is 0 Å². The van der Waals surface area contributed by atoms with E-state index in [0.29, 0.717) is 64.2 Å². The molecule has 0 aliphatic carbocycles. The van der Waals surface area contributed by atoms with Gasteiger partial charge in [-0.05, 0) is 37.7 Å². The second kappa shape index (κ2) is 9.15. The molecular weight excluding hydrogens is 404 g/mol. The van der Waals surface area contributed by atoms with E-state index in [-0.39, 0.29) is 11.8 Å². The van der Waals surface area contributed by atoms with Gasteiger partial charge in [0.1, 0.15) is 0 Å². The number of hydrogen-bond acceptors (Lipinski definition) is 6. The number of carbonyl (C=O) groups is 1. The maximum absolute atomic E-state index is 13.1. The van der Waals surface area contributed by atoms with E-state index in [4.69, 9.17) is 0 Å². The molecule has 0 spiro atoms. The summed E-state index contributed by atoms with van der Waals surface area (Å²) >= 11 is 0. The van der Waals surface area contributed by atoms with Gasteiger partial charge in [0.2, 0.25) is 11.9 Å². The van der Waals surface area contributed by atoms with Crippen LogP contribution in [0.2, 0.25) is 0 Å². The summed E-state index contributed by atoms with van der Waals surface area (Å²) in [4.78, 5) is 25.7. The smallest absolute Gasteiger partial charge is 0.281 e. The van der Waals surface area contributed by atoms with Gasteiger partial charge in [-0.25, -0.2) is 9.97 Å². The Balaban J connectivity index is 1.34. The summed E-state index contributed by atoms with van der Waals surface area (Å²) in [6.07, 6.45) is 6.75. The van der Waals surface area contributed by atoms with Gasteiger partial charge < -0.3 is 9.80 Å². The highest BCUT2D eigenvalue weighted by atomic mass is 32.2. The van der Waals surface area contributed by atoms with E-state index in [0.717, 1.165) is 25.7 Å². The van der Waals surface area contributed by atoms with Crippen molar-refractivity contribution in [2.45, 2.75) is 32.6 Å². The van der Waals surface area contributed by atoms with Gasteiger partial charge in [0.05, 0.1) is 5.92 Å². The fraction of sp³-hybridized carbons (Fsp3) is 0.750. The van der Waals surface area contributed by atoms with E-state index in [1.54, 1.807) is 27.1 Å². The molecule has 3 fully saturated rings. The van der Waals surface area contributed by atoms with Crippen molar-refractivity contribution < 1.29 is 13.2 Å². The van der Waals surface area contributed by atoms with Crippen molar-refractivity contribution >= 4 is 22.1 Å². The minimum Gasteiger partial charge on any atom is -0.339 e. The summed E-state index contributed by atoms with van der Waals surface area (Å²) < 4.78 is 29.4. The predicted molar refractivity (Wildman–Crippen MR) is 114 cm³/mol. The van der Waals surface area contributed by atoms with Crippen LogP contribution < -0.4 is 4.90 Å². The number of aromatic nitrogens is 2. The van der Waals surface area contributed by atoms with E-state index in [2.05, 4.69) is 21.8 Å². The third-order valence-corrected chi connectivity index (χ3v) is 8.56. The fourth-order valence-corrected chi connectivity index (χ4v) is 6.30. The summed E-state index contributed by atoms with van der Waals surface area (Å²) in [7, 11) is -3.48. The lowest BCUT2D eigenvalue weighted by Crippen LogP contribution is -2.55. The molecule has 1 unspecified atom stereocenters. The first-order valence-corrected chi connectivity index (χ1v) is 12.4. The lowest BCUT2D eigenvalue weighted by atomic mass is 9.98. The molecule has 0 N–H and O–H groups in total. The van der Waals surface area contributed by atoms with Gasteiger partial charge in [-0.1, -0.05) is 6.92 Å². The zero-order valence-electron chi connectivity index (χ0n) is 17.7. The molecule has 30 heavy (non-hydrogen) atoms.